The van der Waals surface area contributed by atoms with E-state index in [1.807, 2.05) is 24.3 Å². The Kier molecular flexibility index (Phi) is 7.33. The number of carbonyl (C=O) groups is 3. The van der Waals surface area contributed by atoms with Gasteiger partial charge in [0, 0.05) is 12.0 Å². The first-order chi connectivity index (χ1) is 14.6. The van der Waals surface area contributed by atoms with Crippen LogP contribution in [0.2, 0.25) is 0 Å². The van der Waals surface area contributed by atoms with Gasteiger partial charge in [-0.1, -0.05) is 60.7 Å². The van der Waals surface area contributed by atoms with Crippen molar-refractivity contribution < 1.29 is 23.9 Å². The van der Waals surface area contributed by atoms with Crippen LogP contribution in [0.15, 0.2) is 84.9 Å². The first kappa shape index (κ1) is 20.8. The molecule has 1 amide bonds. The number of anilines is 1. The van der Waals surface area contributed by atoms with Crippen molar-refractivity contribution >= 4 is 23.3 Å². The van der Waals surface area contributed by atoms with Crippen LogP contribution in [-0.2, 0) is 14.3 Å². The second kappa shape index (κ2) is 10.6. The number of hydrogen-bond donors (Lipinski definition) is 1. The summed E-state index contributed by atoms with van der Waals surface area (Å²) >= 11 is 0. The molecule has 30 heavy (non-hydrogen) atoms. The SMILES string of the molecule is O=C(COC(=O)CCC(=O)c1ccccc1)Nc1ccccc1Oc1ccccc1. The lowest BCUT2D eigenvalue weighted by atomic mass is 10.1. The molecule has 0 spiro atoms. The molecule has 0 aliphatic carbocycles. The van der Waals surface area contributed by atoms with Crippen LogP contribution in [0.4, 0.5) is 5.69 Å². The van der Waals surface area contributed by atoms with E-state index in [4.69, 9.17) is 9.47 Å². The van der Waals surface area contributed by atoms with Crippen molar-refractivity contribution in [3.63, 3.8) is 0 Å². The number of carbonyl (C=O) groups excluding carboxylic acids is 3. The predicted molar refractivity (Wildman–Crippen MR) is 113 cm³/mol. The quantitative estimate of drug-likeness (QED) is 0.416. The molecular formula is C24H21NO5. The van der Waals surface area contributed by atoms with Crippen LogP contribution in [0.25, 0.3) is 0 Å². The maximum absolute atomic E-state index is 12.2. The Bertz CT molecular complexity index is 1000. The van der Waals surface area contributed by atoms with Gasteiger partial charge in [0.15, 0.2) is 18.1 Å². The number of rotatable bonds is 9. The number of ether oxygens (including phenoxy) is 2. The van der Waals surface area contributed by atoms with Gasteiger partial charge < -0.3 is 14.8 Å². The van der Waals surface area contributed by atoms with Gasteiger partial charge in [0.05, 0.1) is 12.1 Å². The van der Waals surface area contributed by atoms with E-state index in [-0.39, 0.29) is 18.6 Å². The molecule has 1 N–H and O–H groups in total. The van der Waals surface area contributed by atoms with Crippen molar-refractivity contribution in [2.24, 2.45) is 0 Å². The lowest BCUT2D eigenvalue weighted by molar-refractivity contribution is -0.147. The van der Waals surface area contributed by atoms with Crippen molar-refractivity contribution in [1.29, 1.82) is 0 Å². The van der Waals surface area contributed by atoms with Crippen LogP contribution in [0.5, 0.6) is 11.5 Å². The van der Waals surface area contributed by atoms with Gasteiger partial charge in [0.2, 0.25) is 0 Å². The average molecular weight is 403 g/mol. The molecule has 0 aromatic heterocycles. The van der Waals surface area contributed by atoms with Crippen molar-refractivity contribution in [2.75, 3.05) is 11.9 Å². The van der Waals surface area contributed by atoms with Crippen LogP contribution >= 0.6 is 0 Å². The van der Waals surface area contributed by atoms with E-state index in [2.05, 4.69) is 5.32 Å². The topological polar surface area (TPSA) is 81.7 Å². The summed E-state index contributed by atoms with van der Waals surface area (Å²) in [6.45, 7) is -0.446. The van der Waals surface area contributed by atoms with E-state index in [9.17, 15) is 14.4 Å². The Morgan fingerprint density at radius 3 is 2.10 bits per heavy atom. The molecule has 6 nitrogen and oxygen atoms in total. The van der Waals surface area contributed by atoms with Gasteiger partial charge in [-0.15, -0.1) is 0 Å². The summed E-state index contributed by atoms with van der Waals surface area (Å²) in [4.78, 5) is 36.1. The molecule has 3 rings (SSSR count). The molecule has 3 aromatic carbocycles. The Balaban J connectivity index is 1.47. The van der Waals surface area contributed by atoms with Gasteiger partial charge in [-0.25, -0.2) is 0 Å². The Labute approximate surface area is 174 Å². The molecule has 152 valence electrons. The smallest absolute Gasteiger partial charge is 0.306 e. The van der Waals surface area contributed by atoms with Crippen molar-refractivity contribution in [1.82, 2.24) is 0 Å². The van der Waals surface area contributed by atoms with E-state index in [1.165, 1.54) is 0 Å². The molecule has 6 heteroatoms. The Morgan fingerprint density at radius 2 is 1.37 bits per heavy atom. The number of Topliss-reactive ketones (excluding diaryl/α,β-unsaturated/α-hetero) is 1. The highest BCUT2D eigenvalue weighted by atomic mass is 16.5. The number of amides is 1. The third-order valence-electron chi connectivity index (χ3n) is 4.15. The summed E-state index contributed by atoms with van der Waals surface area (Å²) in [5.41, 5.74) is 1.000. The molecule has 3 aromatic rings. The minimum atomic E-state index is -0.608. The number of benzene rings is 3. The standard InChI is InChI=1S/C24H21NO5/c26-21(18-9-3-1-4-10-18)15-16-24(28)29-17-23(27)25-20-13-7-8-14-22(20)30-19-11-5-2-6-12-19/h1-14H,15-17H2,(H,25,27). The summed E-state index contributed by atoms with van der Waals surface area (Å²) in [5, 5.41) is 2.67. The second-order valence-electron chi connectivity index (χ2n) is 6.41. The van der Waals surface area contributed by atoms with Crippen LogP contribution in [0.3, 0.4) is 0 Å². The van der Waals surface area contributed by atoms with Gasteiger partial charge >= 0.3 is 5.97 Å². The van der Waals surface area contributed by atoms with Gasteiger partial charge in [-0.05, 0) is 24.3 Å². The zero-order valence-corrected chi connectivity index (χ0v) is 16.2. The summed E-state index contributed by atoms with van der Waals surface area (Å²) in [5.74, 6) is -0.153. The molecule has 0 saturated heterocycles. The minimum Gasteiger partial charge on any atom is -0.456 e. The molecule has 0 aliphatic heterocycles. The lowest BCUT2D eigenvalue weighted by Crippen LogP contribution is -2.21. The van der Waals surface area contributed by atoms with Gasteiger partial charge in [0.25, 0.3) is 5.91 Å². The minimum absolute atomic E-state index is 0.0260. The molecular weight excluding hydrogens is 382 g/mol. The summed E-state index contributed by atoms with van der Waals surface area (Å²) in [6, 6.07) is 24.9. The van der Waals surface area contributed by atoms with Crippen LogP contribution in [0, 0.1) is 0 Å². The maximum Gasteiger partial charge on any atom is 0.306 e. The Morgan fingerprint density at radius 1 is 0.733 bits per heavy atom. The highest BCUT2D eigenvalue weighted by Gasteiger charge is 2.13. The number of esters is 1. The third kappa shape index (κ3) is 6.31. The molecule has 0 heterocycles. The average Bonchev–Trinajstić information content (AvgIpc) is 2.78. The van der Waals surface area contributed by atoms with Crippen molar-refractivity contribution in [3.8, 4) is 11.5 Å². The summed E-state index contributed by atoms with van der Waals surface area (Å²) in [6.07, 6.45) is -0.0626. The van der Waals surface area contributed by atoms with Crippen LogP contribution in [0.1, 0.15) is 23.2 Å². The van der Waals surface area contributed by atoms with Gasteiger partial charge in [0.1, 0.15) is 5.75 Å². The molecule has 0 radical (unpaired) electrons. The first-order valence-electron chi connectivity index (χ1n) is 9.47. The Hall–Kier alpha value is -3.93. The van der Waals surface area contributed by atoms with Crippen LogP contribution < -0.4 is 10.1 Å². The molecule has 0 aliphatic rings. The van der Waals surface area contributed by atoms with Crippen molar-refractivity contribution in [2.45, 2.75) is 12.8 Å². The number of nitrogens with one attached hydrogen (secondary N) is 1. The zero-order valence-electron chi connectivity index (χ0n) is 16.2. The van der Waals surface area contributed by atoms with Gasteiger partial charge in [-0.3, -0.25) is 14.4 Å². The monoisotopic (exact) mass is 403 g/mol. The zero-order chi connectivity index (χ0) is 21.2. The second-order valence-corrected chi connectivity index (χ2v) is 6.41. The summed E-state index contributed by atoms with van der Waals surface area (Å²) < 4.78 is 10.8. The van der Waals surface area contributed by atoms with E-state index < -0.39 is 18.5 Å². The fourth-order valence-corrected chi connectivity index (χ4v) is 2.66. The lowest BCUT2D eigenvalue weighted by Gasteiger charge is -2.12. The third-order valence-corrected chi connectivity index (χ3v) is 4.15. The summed E-state index contributed by atoms with van der Waals surface area (Å²) in [7, 11) is 0. The number of para-hydroxylation sites is 3. The van der Waals surface area contributed by atoms with E-state index in [0.717, 1.165) is 0 Å². The molecule has 0 unspecified atom stereocenters. The normalized spacial score (nSPS) is 10.1. The molecule has 0 fully saturated rings. The van der Waals surface area contributed by atoms with E-state index in [1.54, 1.807) is 60.7 Å². The number of hydrogen-bond acceptors (Lipinski definition) is 5. The molecule has 0 saturated carbocycles. The highest BCUT2D eigenvalue weighted by Crippen LogP contribution is 2.28. The number of ketones is 1. The fourth-order valence-electron chi connectivity index (χ4n) is 2.66. The van der Waals surface area contributed by atoms with E-state index in [0.29, 0.717) is 22.7 Å². The largest absolute Gasteiger partial charge is 0.456 e. The fraction of sp³-hybridized carbons (Fsp3) is 0.125. The maximum atomic E-state index is 12.2. The van der Waals surface area contributed by atoms with E-state index >= 15 is 0 Å². The van der Waals surface area contributed by atoms with Crippen molar-refractivity contribution in [3.05, 3.63) is 90.5 Å². The predicted octanol–water partition coefficient (Wildman–Crippen LogP) is 4.62. The van der Waals surface area contributed by atoms with Crippen LogP contribution in [-0.4, -0.2) is 24.3 Å². The highest BCUT2D eigenvalue weighted by molar-refractivity contribution is 5.98. The molecule has 0 bridgehead atoms. The van der Waals surface area contributed by atoms with Gasteiger partial charge in [-0.2, -0.15) is 0 Å². The molecule has 0 atom stereocenters. The first-order valence-corrected chi connectivity index (χ1v) is 9.47.